The second kappa shape index (κ2) is 16.5. The quantitative estimate of drug-likeness (QED) is 0.473. The van der Waals surface area contributed by atoms with E-state index in [1.165, 1.54) is 28.9 Å². The molecule has 0 nitrogen and oxygen atoms in total. The van der Waals surface area contributed by atoms with Gasteiger partial charge in [-0.15, -0.1) is 19.8 Å². The van der Waals surface area contributed by atoms with Crippen LogP contribution in [0.4, 0.5) is 0 Å². The van der Waals surface area contributed by atoms with E-state index >= 15 is 0 Å². The van der Waals surface area contributed by atoms with Gasteiger partial charge in [0.15, 0.2) is 0 Å². The fraction of sp³-hybridized carbons (Fsp3) is 0.231. The van der Waals surface area contributed by atoms with Gasteiger partial charge in [0.05, 0.1) is 0 Å². The first-order valence-electron chi connectivity index (χ1n) is 4.09. The van der Waals surface area contributed by atoms with Crippen LogP contribution in [0.15, 0.2) is 36.0 Å². The van der Waals surface area contributed by atoms with Gasteiger partial charge in [0.25, 0.3) is 0 Å². The van der Waals surface area contributed by atoms with Crippen molar-refractivity contribution in [2.75, 3.05) is 0 Å². The Morgan fingerprint density at radius 2 is 1.87 bits per heavy atom. The third-order valence-corrected chi connectivity index (χ3v) is 1.46. The molecule has 0 amide bonds. The molecule has 82 valence electrons. The van der Waals surface area contributed by atoms with Crippen LogP contribution in [-0.4, -0.2) is 6.88 Å². The van der Waals surface area contributed by atoms with Crippen LogP contribution in [0.25, 0.3) is 0 Å². The van der Waals surface area contributed by atoms with E-state index in [0.29, 0.717) is 0 Å². The van der Waals surface area contributed by atoms with Gasteiger partial charge >= 0.3 is 30.2 Å². The van der Waals surface area contributed by atoms with E-state index in [4.69, 9.17) is 0 Å². The van der Waals surface area contributed by atoms with Crippen LogP contribution in [0.5, 0.6) is 0 Å². The molecule has 2 radical (unpaired) electrons. The van der Waals surface area contributed by atoms with Gasteiger partial charge in [-0.05, 0) is 0 Å². The molecule has 0 saturated carbocycles. The first kappa shape index (κ1) is 20.5. The van der Waals surface area contributed by atoms with Crippen molar-refractivity contribution >= 4 is 6.88 Å². The molecule has 0 N–H and O–H groups in total. The Kier molecular flexibility index (Phi) is 22.5. The Morgan fingerprint density at radius 1 is 1.20 bits per heavy atom. The number of allylic oxidation sites excluding steroid dienone is 8. The molecule has 0 aromatic heterocycles. The van der Waals surface area contributed by atoms with Gasteiger partial charge in [-0.25, -0.2) is 23.8 Å². The van der Waals surface area contributed by atoms with E-state index in [9.17, 15) is 0 Å². The zero-order valence-electron chi connectivity index (χ0n) is 9.80. The average Bonchev–Trinajstić information content (AvgIpc) is 2.81. The van der Waals surface area contributed by atoms with Crippen LogP contribution in [0.1, 0.15) is 19.8 Å². The van der Waals surface area contributed by atoms with E-state index in [1.54, 1.807) is 0 Å². The van der Waals surface area contributed by atoms with Crippen LogP contribution < -0.4 is 0 Å². The van der Waals surface area contributed by atoms with Crippen molar-refractivity contribution < 1.29 is 23.3 Å². The van der Waals surface area contributed by atoms with E-state index < -0.39 is 0 Å². The van der Waals surface area contributed by atoms with Crippen LogP contribution in [0.2, 0.25) is 0 Å². The van der Waals surface area contributed by atoms with E-state index in [2.05, 4.69) is 38.1 Å². The Labute approximate surface area is 112 Å². The number of hydrogen-bond donors (Lipinski definition) is 0. The molecule has 2 heteroatoms. The molecule has 0 atom stereocenters. The molecule has 0 aromatic rings. The van der Waals surface area contributed by atoms with Crippen molar-refractivity contribution in [3.8, 4) is 0 Å². The van der Waals surface area contributed by atoms with Crippen LogP contribution in [0, 0.1) is 27.0 Å². The van der Waals surface area contributed by atoms with Gasteiger partial charge in [-0.2, -0.15) is 12.2 Å². The average molecular weight is 294 g/mol. The van der Waals surface area contributed by atoms with Gasteiger partial charge in [-0.3, -0.25) is 12.2 Å². The zero-order valence-corrected chi connectivity index (χ0v) is 13.3. The monoisotopic (exact) mass is 292 g/mol. The summed E-state index contributed by atoms with van der Waals surface area (Å²) in [5, 5.41) is 0. The van der Waals surface area contributed by atoms with Gasteiger partial charge in [-0.1, -0.05) is 0 Å². The molecule has 2 aliphatic rings. The standard InChI is InChI=1S/C6H7.C5H5.2CH3.Si.Zr/c1-6-4-2-3-5-6;1-2-4-5-3-1;;;;/h4-5H,2H2,1H3;1-3H,4H2;2*1H3;;/q4*-1;;. The second-order valence-corrected chi connectivity index (χ2v) is 2.50. The molecule has 0 spiro atoms. The van der Waals surface area contributed by atoms with Crippen LogP contribution >= 0.6 is 0 Å². The van der Waals surface area contributed by atoms with Gasteiger partial charge in [0.2, 0.25) is 0 Å². The van der Waals surface area contributed by atoms with Gasteiger partial charge < -0.3 is 14.9 Å². The molecule has 0 aromatic carbocycles. The number of hydrogen-bond acceptors (Lipinski definition) is 0. The minimum atomic E-state index is 0. The minimum absolute atomic E-state index is 0. The molecule has 2 aliphatic carbocycles. The van der Waals surface area contributed by atoms with Crippen molar-refractivity contribution in [3.63, 3.8) is 0 Å². The van der Waals surface area contributed by atoms with Crippen LogP contribution in [-0.2, 0) is 23.3 Å². The van der Waals surface area contributed by atoms with Crippen molar-refractivity contribution in [1.29, 1.82) is 0 Å². The first-order chi connectivity index (χ1) is 6.39. The fourth-order valence-corrected chi connectivity index (χ4v) is 0.839. The van der Waals surface area contributed by atoms with Crippen molar-refractivity contribution in [2.45, 2.75) is 19.8 Å². The Balaban J connectivity index is -0.000000149. The van der Waals surface area contributed by atoms with E-state index in [-0.39, 0.29) is 14.9 Å². The fourth-order valence-electron chi connectivity index (χ4n) is 0.839. The SMILES string of the molecule is CC1=CC[C-]=C1.[C-]1=CC=CC1.[CH3-].[CH3-].[Si]=[Zr]. The summed E-state index contributed by atoms with van der Waals surface area (Å²) in [5.41, 5.74) is 1.34. The summed E-state index contributed by atoms with van der Waals surface area (Å²) in [5.74, 6) is 0. The third kappa shape index (κ3) is 14.1. The Morgan fingerprint density at radius 3 is 2.00 bits per heavy atom. The molecule has 0 fully saturated rings. The molecular formula is C13H18SiZr-4. The summed E-state index contributed by atoms with van der Waals surface area (Å²) in [7, 11) is 0. The predicted octanol–water partition coefficient (Wildman–Crippen LogP) is 3.52. The Hall–Kier alpha value is 0.0600. The predicted molar refractivity (Wildman–Crippen MR) is 66.3 cm³/mol. The zero-order chi connectivity index (χ0) is 9.94. The molecule has 0 aliphatic heterocycles. The summed E-state index contributed by atoms with van der Waals surface area (Å²) in [4.78, 5) is 0. The molecule has 0 bridgehead atoms. The molecule has 0 heterocycles. The summed E-state index contributed by atoms with van der Waals surface area (Å²) in [6.45, 7) is 5.15. The maximum atomic E-state index is 3.06. The first-order valence-corrected chi connectivity index (χ1v) is 8.28. The third-order valence-electron chi connectivity index (χ3n) is 1.46. The summed E-state index contributed by atoms with van der Waals surface area (Å²) in [6, 6.07) is 0. The van der Waals surface area contributed by atoms with Crippen molar-refractivity contribution in [2.24, 2.45) is 0 Å². The van der Waals surface area contributed by atoms with E-state index in [1.807, 2.05) is 18.2 Å². The van der Waals surface area contributed by atoms with Crippen molar-refractivity contribution in [3.05, 3.63) is 63.0 Å². The van der Waals surface area contributed by atoms with Crippen LogP contribution in [0.3, 0.4) is 0 Å². The molecule has 2 rings (SSSR count). The second-order valence-electron chi connectivity index (χ2n) is 2.50. The van der Waals surface area contributed by atoms with Gasteiger partial charge in [0.1, 0.15) is 0 Å². The summed E-state index contributed by atoms with van der Waals surface area (Å²) in [6.07, 6.45) is 18.2. The molecule has 0 unspecified atom stereocenters. The summed E-state index contributed by atoms with van der Waals surface area (Å²) < 4.78 is 0. The normalized spacial score (nSPS) is 13.5. The topological polar surface area (TPSA) is 0 Å². The molecule has 0 saturated heterocycles. The number of rotatable bonds is 0. The maximum absolute atomic E-state index is 3.06. The van der Waals surface area contributed by atoms with Gasteiger partial charge in [0, 0.05) is 0 Å². The molecular weight excluding hydrogens is 275 g/mol. The summed E-state index contributed by atoms with van der Waals surface area (Å²) >= 11 is 1.36. The van der Waals surface area contributed by atoms with E-state index in [0.717, 1.165) is 12.8 Å². The van der Waals surface area contributed by atoms with Crippen molar-refractivity contribution in [1.82, 2.24) is 0 Å². The molecule has 15 heavy (non-hydrogen) atoms. The Bertz CT molecular complexity index is 224.